The van der Waals surface area contributed by atoms with Crippen LogP contribution >= 0.6 is 0 Å². The highest BCUT2D eigenvalue weighted by molar-refractivity contribution is 5.21. The maximum Gasteiger partial charge on any atom is 0.124 e. The van der Waals surface area contributed by atoms with Gasteiger partial charge in [0.2, 0.25) is 0 Å². The van der Waals surface area contributed by atoms with E-state index in [1.54, 1.807) is 6.26 Å². The molecule has 22 heavy (non-hydrogen) atoms. The molecule has 0 fully saturated rings. The fourth-order valence-electron chi connectivity index (χ4n) is 3.24. The van der Waals surface area contributed by atoms with Crippen molar-refractivity contribution in [1.82, 2.24) is 4.90 Å². The highest BCUT2D eigenvalue weighted by atomic mass is 16.3. The van der Waals surface area contributed by atoms with Gasteiger partial charge in [-0.1, -0.05) is 48.6 Å². The first-order valence-corrected chi connectivity index (χ1v) is 7.92. The molecule has 0 unspecified atom stereocenters. The molecule has 0 bridgehead atoms. The second kappa shape index (κ2) is 6.80. The van der Waals surface area contributed by atoms with Crippen LogP contribution in [0.2, 0.25) is 0 Å². The minimum absolute atomic E-state index is 0.200. The predicted octanol–water partition coefficient (Wildman–Crippen LogP) is 4.97. The number of benzene rings is 1. The fourth-order valence-corrected chi connectivity index (χ4v) is 3.24. The van der Waals surface area contributed by atoms with E-state index in [2.05, 4.69) is 67.0 Å². The van der Waals surface area contributed by atoms with Gasteiger partial charge in [0.05, 0.1) is 12.3 Å². The van der Waals surface area contributed by atoms with E-state index >= 15 is 0 Å². The quantitative estimate of drug-likeness (QED) is 0.723. The van der Waals surface area contributed by atoms with E-state index < -0.39 is 0 Å². The molecule has 2 heterocycles. The van der Waals surface area contributed by atoms with Crippen molar-refractivity contribution in [2.45, 2.75) is 32.0 Å². The van der Waals surface area contributed by atoms with Crippen LogP contribution < -0.4 is 0 Å². The van der Waals surface area contributed by atoms with E-state index in [0.29, 0.717) is 12.0 Å². The lowest BCUT2D eigenvalue weighted by Gasteiger charge is -2.40. The molecule has 3 atom stereocenters. The molecule has 2 heteroatoms. The van der Waals surface area contributed by atoms with Crippen molar-refractivity contribution in [1.29, 1.82) is 0 Å². The van der Waals surface area contributed by atoms with Crippen LogP contribution in [-0.4, -0.2) is 10.9 Å². The van der Waals surface area contributed by atoms with Gasteiger partial charge in [0, 0.05) is 12.6 Å². The standard InChI is InChI=1S/C20H23NO/c1-3-8-18-12-13-19(20-11-7-14-22-20)21(16(18)2)15-17-9-5-4-6-10-17/h3-7,9-14,16,18-19H,1,8,15H2,2H3/t16-,18+,19-/m1/s1. The SMILES string of the molecule is C=CC[C@H]1C=C[C@H](c2ccco2)N(Cc2ccccc2)[C@@H]1C. The van der Waals surface area contributed by atoms with E-state index in [4.69, 9.17) is 4.42 Å². The minimum atomic E-state index is 0.200. The summed E-state index contributed by atoms with van der Waals surface area (Å²) in [6.45, 7) is 7.12. The highest BCUT2D eigenvalue weighted by Gasteiger charge is 2.32. The third-order valence-corrected chi connectivity index (χ3v) is 4.52. The molecular formula is C20H23NO. The molecule has 0 saturated carbocycles. The topological polar surface area (TPSA) is 16.4 Å². The van der Waals surface area contributed by atoms with Crippen LogP contribution in [0.25, 0.3) is 0 Å². The molecule has 1 aromatic carbocycles. The zero-order chi connectivity index (χ0) is 15.4. The molecule has 0 spiro atoms. The summed E-state index contributed by atoms with van der Waals surface area (Å²) in [7, 11) is 0. The van der Waals surface area contributed by atoms with Crippen molar-refractivity contribution in [3.63, 3.8) is 0 Å². The van der Waals surface area contributed by atoms with Crippen LogP contribution in [0.1, 0.15) is 30.7 Å². The van der Waals surface area contributed by atoms with Gasteiger partial charge >= 0.3 is 0 Å². The number of hydrogen-bond acceptors (Lipinski definition) is 2. The normalized spacial score (nSPS) is 25.2. The Kier molecular flexibility index (Phi) is 4.59. The van der Waals surface area contributed by atoms with Crippen molar-refractivity contribution >= 4 is 0 Å². The smallest absolute Gasteiger partial charge is 0.124 e. The van der Waals surface area contributed by atoms with E-state index in [9.17, 15) is 0 Å². The molecule has 114 valence electrons. The van der Waals surface area contributed by atoms with Gasteiger partial charge in [0.25, 0.3) is 0 Å². The molecule has 0 saturated heterocycles. The lowest BCUT2D eigenvalue weighted by molar-refractivity contribution is 0.106. The molecule has 0 aliphatic carbocycles. The van der Waals surface area contributed by atoms with Crippen LogP contribution in [0.5, 0.6) is 0 Å². The van der Waals surface area contributed by atoms with Crippen molar-refractivity contribution in [3.05, 3.63) is 84.9 Å². The van der Waals surface area contributed by atoms with Gasteiger partial charge in [-0.3, -0.25) is 4.90 Å². The Morgan fingerprint density at radius 3 is 2.64 bits per heavy atom. The average Bonchev–Trinajstić information content (AvgIpc) is 3.07. The first kappa shape index (κ1) is 14.9. The van der Waals surface area contributed by atoms with Gasteiger partial charge in [0.15, 0.2) is 0 Å². The van der Waals surface area contributed by atoms with Crippen LogP contribution in [0.3, 0.4) is 0 Å². The maximum atomic E-state index is 5.67. The summed E-state index contributed by atoms with van der Waals surface area (Å²) in [5.74, 6) is 1.52. The highest BCUT2D eigenvalue weighted by Crippen LogP contribution is 2.35. The van der Waals surface area contributed by atoms with Gasteiger partial charge < -0.3 is 4.42 Å². The summed E-state index contributed by atoms with van der Waals surface area (Å²) in [6, 6.07) is 15.3. The van der Waals surface area contributed by atoms with Crippen LogP contribution in [0.15, 0.2) is 78.0 Å². The zero-order valence-electron chi connectivity index (χ0n) is 13.1. The molecule has 1 aliphatic heterocycles. The van der Waals surface area contributed by atoms with Crippen molar-refractivity contribution in [2.75, 3.05) is 0 Å². The first-order valence-electron chi connectivity index (χ1n) is 7.92. The van der Waals surface area contributed by atoms with E-state index in [1.165, 1.54) is 5.56 Å². The third kappa shape index (κ3) is 3.07. The zero-order valence-corrected chi connectivity index (χ0v) is 13.1. The number of allylic oxidation sites excluding steroid dienone is 1. The Morgan fingerprint density at radius 1 is 1.14 bits per heavy atom. The Morgan fingerprint density at radius 2 is 1.95 bits per heavy atom. The lowest BCUT2D eigenvalue weighted by atomic mass is 9.88. The molecule has 0 radical (unpaired) electrons. The Bertz CT molecular complexity index is 614. The van der Waals surface area contributed by atoms with Gasteiger partial charge in [-0.25, -0.2) is 0 Å². The first-order chi connectivity index (χ1) is 10.8. The Hall–Kier alpha value is -2.06. The minimum Gasteiger partial charge on any atom is -0.467 e. The second-order valence-electron chi connectivity index (χ2n) is 5.93. The number of furan rings is 1. The second-order valence-corrected chi connectivity index (χ2v) is 5.93. The fraction of sp³-hybridized carbons (Fsp3) is 0.300. The van der Waals surface area contributed by atoms with E-state index in [0.717, 1.165) is 18.7 Å². The lowest BCUT2D eigenvalue weighted by Crippen LogP contribution is -2.42. The molecule has 0 N–H and O–H groups in total. The molecule has 0 amide bonds. The summed E-state index contributed by atoms with van der Waals surface area (Å²) in [5, 5.41) is 0. The Balaban J connectivity index is 1.89. The van der Waals surface area contributed by atoms with Crippen LogP contribution in [0.4, 0.5) is 0 Å². The monoisotopic (exact) mass is 293 g/mol. The third-order valence-electron chi connectivity index (χ3n) is 4.52. The largest absolute Gasteiger partial charge is 0.467 e. The van der Waals surface area contributed by atoms with Gasteiger partial charge in [-0.15, -0.1) is 6.58 Å². The molecular weight excluding hydrogens is 270 g/mol. The maximum absolute atomic E-state index is 5.67. The van der Waals surface area contributed by atoms with Crippen LogP contribution in [-0.2, 0) is 6.54 Å². The van der Waals surface area contributed by atoms with Crippen molar-refractivity contribution in [3.8, 4) is 0 Å². The Labute approximate surface area is 132 Å². The van der Waals surface area contributed by atoms with E-state index in [1.807, 2.05) is 12.1 Å². The molecule has 2 aromatic rings. The summed E-state index contributed by atoms with van der Waals surface area (Å²) >= 11 is 0. The van der Waals surface area contributed by atoms with E-state index in [-0.39, 0.29) is 6.04 Å². The average molecular weight is 293 g/mol. The van der Waals surface area contributed by atoms with Crippen LogP contribution in [0, 0.1) is 5.92 Å². The molecule has 2 nitrogen and oxygen atoms in total. The number of nitrogens with zero attached hydrogens (tertiary/aromatic N) is 1. The summed E-state index contributed by atoms with van der Waals surface area (Å²) in [6.07, 6.45) is 9.37. The number of rotatable bonds is 5. The number of hydrogen-bond donors (Lipinski definition) is 0. The summed E-state index contributed by atoms with van der Waals surface area (Å²) < 4.78 is 5.67. The van der Waals surface area contributed by atoms with Gasteiger partial charge in [-0.05, 0) is 37.0 Å². The summed E-state index contributed by atoms with van der Waals surface area (Å²) in [5.41, 5.74) is 1.33. The van der Waals surface area contributed by atoms with Crippen molar-refractivity contribution in [2.24, 2.45) is 5.92 Å². The molecule has 3 rings (SSSR count). The van der Waals surface area contributed by atoms with Gasteiger partial charge in [-0.2, -0.15) is 0 Å². The molecule has 1 aromatic heterocycles. The molecule has 1 aliphatic rings. The summed E-state index contributed by atoms with van der Waals surface area (Å²) in [4.78, 5) is 2.52. The predicted molar refractivity (Wildman–Crippen MR) is 90.3 cm³/mol. The van der Waals surface area contributed by atoms with Gasteiger partial charge in [0.1, 0.15) is 5.76 Å². The van der Waals surface area contributed by atoms with Crippen molar-refractivity contribution < 1.29 is 4.42 Å².